The van der Waals surface area contributed by atoms with E-state index >= 15 is 0 Å². The highest BCUT2D eigenvalue weighted by Gasteiger charge is 2.32. The van der Waals surface area contributed by atoms with Crippen molar-refractivity contribution in [2.75, 3.05) is 26.3 Å². The van der Waals surface area contributed by atoms with Gasteiger partial charge in [-0.2, -0.15) is 13.2 Å². The number of aliphatic hydroxyl groups excluding tert-OH is 1. The fourth-order valence-corrected chi connectivity index (χ4v) is 1.84. The number of amides is 1. The van der Waals surface area contributed by atoms with Gasteiger partial charge < -0.3 is 14.7 Å². The van der Waals surface area contributed by atoms with Crippen LogP contribution in [-0.4, -0.2) is 48.4 Å². The van der Waals surface area contributed by atoms with Crippen LogP contribution in [0, 0.1) is 0 Å². The summed E-state index contributed by atoms with van der Waals surface area (Å²) in [5.74, 6) is -0.186. The Morgan fingerprint density at radius 2 is 1.90 bits per heavy atom. The van der Waals surface area contributed by atoms with Crippen molar-refractivity contribution >= 4 is 21.8 Å². The third kappa shape index (κ3) is 7.33. The first-order valence-electron chi connectivity index (χ1n) is 6.15. The summed E-state index contributed by atoms with van der Waals surface area (Å²) in [4.78, 5) is 12.3. The SMILES string of the molecule is O=C(CCOc1ccc(Br)cc1)N(CCO)CC(F)(F)F. The second-order valence-corrected chi connectivity index (χ2v) is 5.12. The van der Waals surface area contributed by atoms with Crippen LogP contribution in [0.1, 0.15) is 6.42 Å². The number of carbonyl (C=O) groups excluding carboxylic acids is 1. The number of ether oxygens (including phenoxy) is 1. The summed E-state index contributed by atoms with van der Waals surface area (Å²) in [6.45, 7) is -2.27. The van der Waals surface area contributed by atoms with Crippen LogP contribution in [0.5, 0.6) is 5.75 Å². The molecule has 0 bridgehead atoms. The molecule has 0 atom stereocenters. The van der Waals surface area contributed by atoms with Gasteiger partial charge in [0.2, 0.25) is 5.91 Å². The first-order valence-corrected chi connectivity index (χ1v) is 6.95. The van der Waals surface area contributed by atoms with E-state index in [-0.39, 0.29) is 19.6 Å². The average molecular weight is 370 g/mol. The van der Waals surface area contributed by atoms with Gasteiger partial charge in [-0.3, -0.25) is 4.79 Å². The van der Waals surface area contributed by atoms with E-state index in [1.807, 2.05) is 0 Å². The first-order chi connectivity index (χ1) is 9.81. The third-order valence-electron chi connectivity index (χ3n) is 2.49. The molecule has 4 nitrogen and oxygen atoms in total. The number of benzene rings is 1. The summed E-state index contributed by atoms with van der Waals surface area (Å²) in [6.07, 6.45) is -4.68. The van der Waals surface area contributed by atoms with Gasteiger partial charge in [0.25, 0.3) is 0 Å². The van der Waals surface area contributed by atoms with Gasteiger partial charge in [0.15, 0.2) is 0 Å². The molecule has 1 aromatic carbocycles. The van der Waals surface area contributed by atoms with E-state index in [2.05, 4.69) is 15.9 Å². The standard InChI is InChI=1S/C13H15BrF3NO3/c14-10-1-3-11(4-2-10)21-8-5-12(20)18(6-7-19)9-13(15,16)17/h1-4,19H,5-9H2. The van der Waals surface area contributed by atoms with Crippen molar-refractivity contribution in [1.82, 2.24) is 4.90 Å². The summed E-state index contributed by atoms with van der Waals surface area (Å²) >= 11 is 3.25. The lowest BCUT2D eigenvalue weighted by atomic mass is 10.3. The van der Waals surface area contributed by atoms with Crippen LogP contribution in [0.25, 0.3) is 0 Å². The maximum Gasteiger partial charge on any atom is 0.406 e. The highest BCUT2D eigenvalue weighted by atomic mass is 79.9. The van der Waals surface area contributed by atoms with Gasteiger partial charge in [-0.25, -0.2) is 0 Å². The quantitative estimate of drug-likeness (QED) is 0.803. The van der Waals surface area contributed by atoms with Gasteiger partial charge in [0.05, 0.1) is 19.6 Å². The van der Waals surface area contributed by atoms with Gasteiger partial charge in [-0.15, -0.1) is 0 Å². The summed E-state index contributed by atoms with van der Waals surface area (Å²) < 4.78 is 43.1. The monoisotopic (exact) mass is 369 g/mol. The Kier molecular flexibility index (Phi) is 6.97. The number of hydrogen-bond donors (Lipinski definition) is 1. The molecular weight excluding hydrogens is 355 g/mol. The second kappa shape index (κ2) is 8.23. The Morgan fingerprint density at radius 1 is 1.29 bits per heavy atom. The number of halogens is 4. The molecular formula is C13H15BrF3NO3. The molecule has 0 aliphatic rings. The molecule has 1 amide bonds. The second-order valence-electron chi connectivity index (χ2n) is 4.21. The van der Waals surface area contributed by atoms with Gasteiger partial charge in [0.1, 0.15) is 12.3 Å². The average Bonchev–Trinajstić information content (AvgIpc) is 2.39. The predicted octanol–water partition coefficient (Wildman–Crippen LogP) is 2.60. The fourth-order valence-electron chi connectivity index (χ4n) is 1.57. The Balaban J connectivity index is 2.44. The maximum absolute atomic E-state index is 12.3. The summed E-state index contributed by atoms with van der Waals surface area (Å²) in [6, 6.07) is 6.85. The molecule has 0 radical (unpaired) electrons. The van der Waals surface area contributed by atoms with Gasteiger partial charge >= 0.3 is 6.18 Å². The van der Waals surface area contributed by atoms with E-state index in [4.69, 9.17) is 9.84 Å². The molecule has 0 saturated heterocycles. The zero-order chi connectivity index (χ0) is 15.9. The predicted molar refractivity (Wildman–Crippen MR) is 74.0 cm³/mol. The van der Waals surface area contributed by atoms with Crippen LogP contribution in [0.4, 0.5) is 13.2 Å². The molecule has 0 unspecified atom stereocenters. The first kappa shape index (κ1) is 17.8. The largest absolute Gasteiger partial charge is 0.493 e. The number of alkyl halides is 3. The zero-order valence-electron chi connectivity index (χ0n) is 11.1. The highest BCUT2D eigenvalue weighted by Crippen LogP contribution is 2.18. The lowest BCUT2D eigenvalue weighted by Crippen LogP contribution is -2.41. The fraction of sp³-hybridized carbons (Fsp3) is 0.462. The minimum absolute atomic E-state index is 0.0275. The molecule has 0 fully saturated rings. The van der Waals surface area contributed by atoms with Crippen LogP contribution in [0.2, 0.25) is 0 Å². The minimum Gasteiger partial charge on any atom is -0.493 e. The number of rotatable bonds is 7. The van der Waals surface area contributed by atoms with E-state index < -0.39 is 25.2 Å². The van der Waals surface area contributed by atoms with Crippen molar-refractivity contribution in [3.05, 3.63) is 28.7 Å². The van der Waals surface area contributed by atoms with Crippen LogP contribution < -0.4 is 4.74 Å². The highest BCUT2D eigenvalue weighted by molar-refractivity contribution is 9.10. The molecule has 1 aromatic rings. The Morgan fingerprint density at radius 3 is 2.43 bits per heavy atom. The van der Waals surface area contributed by atoms with Crippen molar-refractivity contribution in [2.24, 2.45) is 0 Å². The summed E-state index contributed by atoms with van der Waals surface area (Å²) in [5.41, 5.74) is 0. The van der Waals surface area contributed by atoms with Crippen molar-refractivity contribution in [1.29, 1.82) is 0 Å². The molecule has 0 heterocycles. The normalized spacial score (nSPS) is 11.3. The topological polar surface area (TPSA) is 49.8 Å². The van der Waals surface area contributed by atoms with E-state index in [1.165, 1.54) is 0 Å². The zero-order valence-corrected chi connectivity index (χ0v) is 12.7. The summed E-state index contributed by atoms with van der Waals surface area (Å²) in [5, 5.41) is 8.71. The lowest BCUT2D eigenvalue weighted by Gasteiger charge is -2.23. The smallest absolute Gasteiger partial charge is 0.406 e. The minimum atomic E-state index is -4.49. The third-order valence-corrected chi connectivity index (χ3v) is 3.02. The van der Waals surface area contributed by atoms with E-state index in [0.29, 0.717) is 10.6 Å². The van der Waals surface area contributed by atoms with Crippen molar-refractivity contribution in [3.8, 4) is 5.75 Å². The molecule has 1 N–H and O–H groups in total. The van der Waals surface area contributed by atoms with E-state index in [1.54, 1.807) is 24.3 Å². The van der Waals surface area contributed by atoms with Gasteiger partial charge in [0, 0.05) is 11.0 Å². The number of carbonyl (C=O) groups is 1. The van der Waals surface area contributed by atoms with Crippen LogP contribution in [0.15, 0.2) is 28.7 Å². The molecule has 0 spiro atoms. The number of aliphatic hydroxyl groups is 1. The van der Waals surface area contributed by atoms with Crippen LogP contribution in [0.3, 0.4) is 0 Å². The molecule has 8 heteroatoms. The lowest BCUT2D eigenvalue weighted by molar-refractivity contribution is -0.162. The molecule has 1 rings (SSSR count). The van der Waals surface area contributed by atoms with Gasteiger partial charge in [-0.05, 0) is 24.3 Å². The van der Waals surface area contributed by atoms with Crippen molar-refractivity contribution in [2.45, 2.75) is 12.6 Å². The molecule has 21 heavy (non-hydrogen) atoms. The number of hydrogen-bond acceptors (Lipinski definition) is 3. The molecule has 0 aliphatic carbocycles. The maximum atomic E-state index is 12.3. The number of nitrogens with zero attached hydrogens (tertiary/aromatic N) is 1. The van der Waals surface area contributed by atoms with Crippen LogP contribution >= 0.6 is 15.9 Å². The molecule has 0 aliphatic heterocycles. The van der Waals surface area contributed by atoms with E-state index in [0.717, 1.165) is 4.47 Å². The van der Waals surface area contributed by atoms with Crippen molar-refractivity contribution in [3.63, 3.8) is 0 Å². The van der Waals surface area contributed by atoms with Gasteiger partial charge in [-0.1, -0.05) is 15.9 Å². The molecule has 0 saturated carbocycles. The van der Waals surface area contributed by atoms with Crippen LogP contribution in [-0.2, 0) is 4.79 Å². The summed E-state index contributed by atoms with van der Waals surface area (Å²) in [7, 11) is 0. The Labute approximate surface area is 128 Å². The molecule has 118 valence electrons. The van der Waals surface area contributed by atoms with Crippen molar-refractivity contribution < 1.29 is 27.8 Å². The molecule has 0 aromatic heterocycles. The Bertz CT molecular complexity index is 451. The van der Waals surface area contributed by atoms with E-state index in [9.17, 15) is 18.0 Å². The Hall–Kier alpha value is -1.28.